The molecule has 14 heavy (non-hydrogen) atoms. The fourth-order valence-electron chi connectivity index (χ4n) is 1.50. The van der Waals surface area contributed by atoms with E-state index in [-0.39, 0.29) is 12.1 Å². The third kappa shape index (κ3) is 1.70. The van der Waals surface area contributed by atoms with Crippen LogP contribution < -0.4 is 11.1 Å². The second-order valence-corrected chi connectivity index (χ2v) is 3.24. The number of amides is 1. The monoisotopic (exact) mass is 192 g/mol. The molecule has 1 atom stereocenters. The molecular weight excluding hydrogens is 180 g/mol. The molecule has 1 unspecified atom stereocenters. The summed E-state index contributed by atoms with van der Waals surface area (Å²) >= 11 is 0. The van der Waals surface area contributed by atoms with Gasteiger partial charge in [-0.15, -0.1) is 0 Å². The number of cyclic esters (lactones) is 1. The Bertz CT molecular complexity index is 352. The Morgan fingerprint density at radius 2 is 2.43 bits per heavy atom. The third-order valence-corrected chi connectivity index (χ3v) is 2.26. The van der Waals surface area contributed by atoms with Crippen molar-refractivity contribution in [3.63, 3.8) is 0 Å². The number of nitrogens with two attached hydrogens (primary N) is 1. The van der Waals surface area contributed by atoms with Gasteiger partial charge in [0, 0.05) is 6.54 Å². The van der Waals surface area contributed by atoms with Crippen molar-refractivity contribution in [2.45, 2.75) is 12.6 Å². The van der Waals surface area contributed by atoms with E-state index in [1.165, 1.54) is 0 Å². The summed E-state index contributed by atoms with van der Waals surface area (Å²) in [4.78, 5) is 10.8. The molecule has 1 saturated heterocycles. The number of nitrogens with one attached hydrogen (secondary N) is 1. The molecule has 2 rings (SSSR count). The summed E-state index contributed by atoms with van der Waals surface area (Å²) in [5.41, 5.74) is 7.63. The lowest BCUT2D eigenvalue weighted by atomic mass is 10.1. The fraction of sp³-hybridized carbons (Fsp3) is 0.300. The molecule has 0 spiro atoms. The Labute approximate surface area is 82.1 Å². The minimum Gasteiger partial charge on any atom is -0.447 e. The van der Waals surface area contributed by atoms with Crippen molar-refractivity contribution in [2.24, 2.45) is 5.73 Å². The maximum absolute atomic E-state index is 10.8. The van der Waals surface area contributed by atoms with E-state index >= 15 is 0 Å². The molecule has 0 bridgehead atoms. The van der Waals surface area contributed by atoms with Gasteiger partial charge >= 0.3 is 6.09 Å². The van der Waals surface area contributed by atoms with Crippen LogP contribution in [0.5, 0.6) is 0 Å². The Morgan fingerprint density at radius 1 is 1.57 bits per heavy atom. The summed E-state index contributed by atoms with van der Waals surface area (Å²) in [5.74, 6) is 0. The van der Waals surface area contributed by atoms with E-state index in [1.807, 2.05) is 24.3 Å². The first-order valence-corrected chi connectivity index (χ1v) is 4.52. The molecule has 4 heteroatoms. The smallest absolute Gasteiger partial charge is 0.407 e. The molecule has 1 heterocycles. The predicted octanol–water partition coefficient (Wildman–Crippen LogP) is 0.926. The lowest BCUT2D eigenvalue weighted by molar-refractivity contribution is 0.177. The standard InChI is InChI=1S/C10H12N2O2/c11-5-7-2-1-3-8(4-7)9-6-14-10(13)12-9/h1-4,9H,5-6,11H2,(H,12,13). The van der Waals surface area contributed by atoms with Crippen molar-refractivity contribution in [3.8, 4) is 0 Å². The summed E-state index contributed by atoms with van der Waals surface area (Å²) in [6.45, 7) is 0.905. The highest BCUT2D eigenvalue weighted by atomic mass is 16.6. The van der Waals surface area contributed by atoms with Gasteiger partial charge in [-0.1, -0.05) is 24.3 Å². The molecule has 1 aromatic rings. The predicted molar refractivity (Wildman–Crippen MR) is 51.6 cm³/mol. The Morgan fingerprint density at radius 3 is 3.07 bits per heavy atom. The van der Waals surface area contributed by atoms with Crippen LogP contribution in [0.3, 0.4) is 0 Å². The van der Waals surface area contributed by atoms with Crippen LogP contribution in [0.25, 0.3) is 0 Å². The zero-order chi connectivity index (χ0) is 9.97. The van der Waals surface area contributed by atoms with Crippen LogP contribution in [0.2, 0.25) is 0 Å². The van der Waals surface area contributed by atoms with E-state index in [9.17, 15) is 4.79 Å². The number of rotatable bonds is 2. The Balaban J connectivity index is 2.19. The highest BCUT2D eigenvalue weighted by Crippen LogP contribution is 2.18. The molecule has 4 nitrogen and oxygen atoms in total. The van der Waals surface area contributed by atoms with E-state index in [4.69, 9.17) is 10.5 Å². The lowest BCUT2D eigenvalue weighted by Gasteiger charge is -2.08. The van der Waals surface area contributed by atoms with Crippen LogP contribution in [0.1, 0.15) is 17.2 Å². The second-order valence-electron chi connectivity index (χ2n) is 3.24. The van der Waals surface area contributed by atoms with Crippen molar-refractivity contribution in [2.75, 3.05) is 6.61 Å². The van der Waals surface area contributed by atoms with Crippen LogP contribution in [0, 0.1) is 0 Å². The van der Waals surface area contributed by atoms with Gasteiger partial charge in [0.25, 0.3) is 0 Å². The van der Waals surface area contributed by atoms with Gasteiger partial charge in [0.05, 0.1) is 6.04 Å². The molecule has 74 valence electrons. The summed E-state index contributed by atoms with van der Waals surface area (Å²) in [6.07, 6.45) is -0.354. The van der Waals surface area contributed by atoms with Crippen molar-refractivity contribution in [3.05, 3.63) is 35.4 Å². The van der Waals surface area contributed by atoms with Gasteiger partial charge in [-0.2, -0.15) is 0 Å². The minimum atomic E-state index is -0.354. The van der Waals surface area contributed by atoms with Crippen LogP contribution in [0.15, 0.2) is 24.3 Å². The van der Waals surface area contributed by atoms with E-state index in [0.29, 0.717) is 13.2 Å². The lowest BCUT2D eigenvalue weighted by Crippen LogP contribution is -2.18. The average Bonchev–Trinajstić information content (AvgIpc) is 2.65. The molecule has 0 aliphatic carbocycles. The fourth-order valence-corrected chi connectivity index (χ4v) is 1.50. The summed E-state index contributed by atoms with van der Waals surface area (Å²) < 4.78 is 4.81. The van der Waals surface area contributed by atoms with E-state index in [1.54, 1.807) is 0 Å². The first-order valence-electron chi connectivity index (χ1n) is 4.52. The Hall–Kier alpha value is -1.55. The zero-order valence-electron chi connectivity index (χ0n) is 7.69. The van der Waals surface area contributed by atoms with Gasteiger partial charge in [-0.25, -0.2) is 4.79 Å². The van der Waals surface area contributed by atoms with Crippen LogP contribution >= 0.6 is 0 Å². The van der Waals surface area contributed by atoms with Gasteiger partial charge in [0.1, 0.15) is 6.61 Å². The van der Waals surface area contributed by atoms with E-state index in [2.05, 4.69) is 5.32 Å². The van der Waals surface area contributed by atoms with Crippen molar-refractivity contribution in [1.82, 2.24) is 5.32 Å². The highest BCUT2D eigenvalue weighted by Gasteiger charge is 2.23. The van der Waals surface area contributed by atoms with Crippen molar-refractivity contribution >= 4 is 6.09 Å². The number of carbonyl (C=O) groups excluding carboxylic acids is 1. The van der Waals surface area contributed by atoms with E-state index in [0.717, 1.165) is 11.1 Å². The molecule has 1 aliphatic rings. The van der Waals surface area contributed by atoms with Gasteiger partial charge in [0.2, 0.25) is 0 Å². The van der Waals surface area contributed by atoms with Crippen LogP contribution in [-0.4, -0.2) is 12.7 Å². The van der Waals surface area contributed by atoms with Crippen molar-refractivity contribution < 1.29 is 9.53 Å². The molecule has 1 fully saturated rings. The van der Waals surface area contributed by atoms with Crippen LogP contribution in [-0.2, 0) is 11.3 Å². The average molecular weight is 192 g/mol. The zero-order valence-corrected chi connectivity index (χ0v) is 7.69. The van der Waals surface area contributed by atoms with Crippen molar-refractivity contribution in [1.29, 1.82) is 0 Å². The second kappa shape index (κ2) is 3.67. The summed E-state index contributed by atoms with van der Waals surface area (Å²) in [7, 11) is 0. The highest BCUT2D eigenvalue weighted by molar-refractivity contribution is 5.70. The molecular formula is C10H12N2O2. The quantitative estimate of drug-likeness (QED) is 0.732. The molecule has 0 radical (unpaired) electrons. The third-order valence-electron chi connectivity index (χ3n) is 2.26. The maximum Gasteiger partial charge on any atom is 0.407 e. The number of ether oxygens (including phenoxy) is 1. The maximum atomic E-state index is 10.8. The number of hydrogen-bond acceptors (Lipinski definition) is 3. The minimum absolute atomic E-state index is 0.0333. The van der Waals surface area contributed by atoms with Gasteiger partial charge in [0.15, 0.2) is 0 Å². The summed E-state index contributed by atoms with van der Waals surface area (Å²) in [5, 5.41) is 2.72. The SMILES string of the molecule is NCc1cccc(C2COC(=O)N2)c1. The van der Waals surface area contributed by atoms with Gasteiger partial charge in [-0.05, 0) is 11.1 Å². The first kappa shape index (κ1) is 9.02. The largest absolute Gasteiger partial charge is 0.447 e. The summed E-state index contributed by atoms with van der Waals surface area (Å²) in [6, 6.07) is 7.80. The molecule has 1 amide bonds. The topological polar surface area (TPSA) is 64.3 Å². The molecule has 1 aliphatic heterocycles. The van der Waals surface area contributed by atoms with E-state index < -0.39 is 0 Å². The molecule has 3 N–H and O–H groups in total. The Kier molecular flexibility index (Phi) is 2.37. The molecule has 1 aromatic carbocycles. The number of benzene rings is 1. The van der Waals surface area contributed by atoms with Gasteiger partial charge in [-0.3, -0.25) is 0 Å². The van der Waals surface area contributed by atoms with Gasteiger partial charge < -0.3 is 15.8 Å². The van der Waals surface area contributed by atoms with Crippen LogP contribution in [0.4, 0.5) is 4.79 Å². The normalized spacial score (nSPS) is 20.4. The first-order chi connectivity index (χ1) is 6.79. The number of hydrogen-bond donors (Lipinski definition) is 2. The molecule has 0 saturated carbocycles. The molecule has 0 aromatic heterocycles. The number of alkyl carbamates (subject to hydrolysis) is 1. The number of carbonyl (C=O) groups is 1.